The third-order valence-corrected chi connectivity index (χ3v) is 4.31. The van der Waals surface area contributed by atoms with Crippen LogP contribution in [0.1, 0.15) is 21.7 Å². The van der Waals surface area contributed by atoms with E-state index >= 15 is 0 Å². The summed E-state index contributed by atoms with van der Waals surface area (Å²) >= 11 is 1.72. The van der Waals surface area contributed by atoms with Gasteiger partial charge in [0.2, 0.25) is 5.91 Å². The summed E-state index contributed by atoms with van der Waals surface area (Å²) in [6.07, 6.45) is 0.341. The first-order valence-electron chi connectivity index (χ1n) is 6.85. The highest BCUT2D eigenvalue weighted by atomic mass is 32.1. The van der Waals surface area contributed by atoms with Crippen LogP contribution in [0.15, 0.2) is 30.3 Å². The van der Waals surface area contributed by atoms with Crippen LogP contribution < -0.4 is 15.8 Å². The molecule has 2 aromatic rings. The predicted molar refractivity (Wildman–Crippen MR) is 86.6 cm³/mol. The van der Waals surface area contributed by atoms with E-state index < -0.39 is 0 Å². The van der Waals surface area contributed by atoms with Crippen molar-refractivity contribution in [2.24, 2.45) is 0 Å². The van der Waals surface area contributed by atoms with E-state index in [9.17, 15) is 4.79 Å². The first-order chi connectivity index (χ1) is 10.0. The van der Waals surface area contributed by atoms with Crippen LogP contribution in [0.4, 0.5) is 5.69 Å². The highest BCUT2D eigenvalue weighted by molar-refractivity contribution is 7.12. The van der Waals surface area contributed by atoms with Gasteiger partial charge < -0.3 is 15.8 Å². The Kier molecular flexibility index (Phi) is 5.22. The third-order valence-electron chi connectivity index (χ3n) is 3.15. The normalized spacial score (nSPS) is 10.4. The number of carbonyl (C=O) groups excluding carboxylic acids is 1. The fourth-order valence-corrected chi connectivity index (χ4v) is 2.83. The fraction of sp³-hybridized carbons (Fsp3) is 0.312. The molecule has 0 aliphatic rings. The van der Waals surface area contributed by atoms with Crippen molar-refractivity contribution >= 4 is 22.9 Å². The van der Waals surface area contributed by atoms with Crippen molar-refractivity contribution in [3.8, 4) is 5.75 Å². The van der Waals surface area contributed by atoms with Crippen molar-refractivity contribution in [2.75, 3.05) is 12.3 Å². The standard InChI is InChI=1S/C16H20N2O2S/c1-11-9-15(21-12(11)2)10-18-16(19)7-8-20-14-5-3-13(17)4-6-14/h3-6,9H,7-8,10,17H2,1-2H3,(H,18,19). The summed E-state index contributed by atoms with van der Waals surface area (Å²) in [6, 6.07) is 9.26. The molecule has 2 rings (SSSR count). The molecule has 1 aromatic carbocycles. The van der Waals surface area contributed by atoms with Crippen LogP contribution in [0, 0.1) is 13.8 Å². The molecule has 0 bridgehead atoms. The second-order valence-corrected chi connectivity index (χ2v) is 6.24. The fourth-order valence-electron chi connectivity index (χ4n) is 1.84. The van der Waals surface area contributed by atoms with Crippen LogP contribution in [0.25, 0.3) is 0 Å². The van der Waals surface area contributed by atoms with Gasteiger partial charge in [-0.15, -0.1) is 11.3 Å². The molecule has 0 aliphatic heterocycles. The Balaban J connectivity index is 1.69. The molecule has 1 amide bonds. The Labute approximate surface area is 128 Å². The van der Waals surface area contributed by atoms with E-state index in [0.717, 1.165) is 5.75 Å². The first kappa shape index (κ1) is 15.4. The summed E-state index contributed by atoms with van der Waals surface area (Å²) in [4.78, 5) is 14.2. The SMILES string of the molecule is Cc1cc(CNC(=O)CCOc2ccc(N)cc2)sc1C. The molecule has 1 heterocycles. The summed E-state index contributed by atoms with van der Waals surface area (Å²) in [6.45, 7) is 5.11. The molecule has 0 saturated carbocycles. The van der Waals surface area contributed by atoms with Crippen LogP contribution >= 0.6 is 11.3 Å². The molecule has 0 fully saturated rings. The molecular weight excluding hydrogens is 284 g/mol. The smallest absolute Gasteiger partial charge is 0.223 e. The van der Waals surface area contributed by atoms with Gasteiger partial charge in [0, 0.05) is 15.4 Å². The highest BCUT2D eigenvalue weighted by Crippen LogP contribution is 2.20. The number of nitrogens with one attached hydrogen (secondary N) is 1. The molecule has 21 heavy (non-hydrogen) atoms. The van der Waals surface area contributed by atoms with Crippen molar-refractivity contribution in [2.45, 2.75) is 26.8 Å². The quantitative estimate of drug-likeness (QED) is 0.806. The minimum atomic E-state index is -0.00542. The molecule has 3 N–H and O–H groups in total. The lowest BCUT2D eigenvalue weighted by Crippen LogP contribution is -2.24. The third kappa shape index (κ3) is 4.79. The Morgan fingerprint density at radius 2 is 2.00 bits per heavy atom. The van der Waals surface area contributed by atoms with Gasteiger partial charge in [0.25, 0.3) is 0 Å². The summed E-state index contributed by atoms with van der Waals surface area (Å²) < 4.78 is 5.49. The average molecular weight is 304 g/mol. The van der Waals surface area contributed by atoms with Gasteiger partial charge in [-0.05, 0) is 49.7 Å². The maximum atomic E-state index is 11.7. The first-order valence-corrected chi connectivity index (χ1v) is 7.67. The molecule has 5 heteroatoms. The summed E-state index contributed by atoms with van der Waals surface area (Å²) in [5.74, 6) is 0.718. The van der Waals surface area contributed by atoms with Crippen LogP contribution in [-0.2, 0) is 11.3 Å². The molecule has 0 spiro atoms. The van der Waals surface area contributed by atoms with Crippen LogP contribution in [-0.4, -0.2) is 12.5 Å². The summed E-state index contributed by atoms with van der Waals surface area (Å²) in [5.41, 5.74) is 7.56. The molecule has 1 aromatic heterocycles. The van der Waals surface area contributed by atoms with E-state index in [1.165, 1.54) is 15.3 Å². The monoisotopic (exact) mass is 304 g/mol. The summed E-state index contributed by atoms with van der Waals surface area (Å²) in [7, 11) is 0. The topological polar surface area (TPSA) is 64.3 Å². The van der Waals surface area contributed by atoms with Crippen molar-refractivity contribution in [3.05, 3.63) is 45.6 Å². The van der Waals surface area contributed by atoms with Crippen LogP contribution in [0.2, 0.25) is 0 Å². The van der Waals surface area contributed by atoms with Crippen molar-refractivity contribution in [1.29, 1.82) is 0 Å². The maximum Gasteiger partial charge on any atom is 0.223 e. The number of benzene rings is 1. The number of carbonyl (C=O) groups is 1. The average Bonchev–Trinajstić information content (AvgIpc) is 2.78. The molecule has 0 saturated heterocycles. The van der Waals surface area contributed by atoms with Gasteiger partial charge in [-0.1, -0.05) is 0 Å². The van der Waals surface area contributed by atoms with Crippen molar-refractivity contribution in [3.63, 3.8) is 0 Å². The highest BCUT2D eigenvalue weighted by Gasteiger charge is 2.05. The summed E-state index contributed by atoms with van der Waals surface area (Å²) in [5, 5.41) is 2.91. The lowest BCUT2D eigenvalue weighted by atomic mass is 10.3. The number of amides is 1. The Bertz CT molecular complexity index is 586. The van der Waals surface area contributed by atoms with Gasteiger partial charge in [0.05, 0.1) is 19.6 Å². The van der Waals surface area contributed by atoms with Crippen LogP contribution in [0.5, 0.6) is 5.75 Å². The van der Waals surface area contributed by atoms with Crippen molar-refractivity contribution in [1.82, 2.24) is 5.32 Å². The molecule has 112 valence electrons. The van der Waals surface area contributed by atoms with Gasteiger partial charge >= 0.3 is 0 Å². The van der Waals surface area contributed by atoms with Gasteiger partial charge in [-0.25, -0.2) is 0 Å². The molecular formula is C16H20N2O2S. The lowest BCUT2D eigenvalue weighted by Gasteiger charge is -2.07. The van der Waals surface area contributed by atoms with E-state index in [1.54, 1.807) is 35.6 Å². The van der Waals surface area contributed by atoms with E-state index in [-0.39, 0.29) is 5.91 Å². The number of nitrogen functional groups attached to an aromatic ring is 1. The van der Waals surface area contributed by atoms with Gasteiger partial charge in [0.15, 0.2) is 0 Å². The zero-order chi connectivity index (χ0) is 15.2. The Morgan fingerprint density at radius 3 is 2.62 bits per heavy atom. The number of anilines is 1. The largest absolute Gasteiger partial charge is 0.493 e. The van der Waals surface area contributed by atoms with Crippen LogP contribution in [0.3, 0.4) is 0 Å². The number of aryl methyl sites for hydroxylation is 2. The van der Waals surface area contributed by atoms with E-state index in [2.05, 4.69) is 25.2 Å². The zero-order valence-electron chi connectivity index (χ0n) is 12.3. The Morgan fingerprint density at radius 1 is 1.29 bits per heavy atom. The maximum absolute atomic E-state index is 11.7. The lowest BCUT2D eigenvalue weighted by molar-refractivity contribution is -0.121. The minimum Gasteiger partial charge on any atom is -0.493 e. The molecule has 0 atom stereocenters. The van der Waals surface area contributed by atoms with E-state index in [1.807, 2.05) is 0 Å². The second kappa shape index (κ2) is 7.13. The number of hydrogen-bond donors (Lipinski definition) is 2. The number of nitrogens with two attached hydrogens (primary N) is 1. The molecule has 4 nitrogen and oxygen atoms in total. The second-order valence-electron chi connectivity index (χ2n) is 4.90. The van der Waals surface area contributed by atoms with E-state index in [0.29, 0.717) is 25.3 Å². The number of rotatable bonds is 6. The minimum absolute atomic E-state index is 0.00542. The van der Waals surface area contributed by atoms with Gasteiger partial charge in [-0.2, -0.15) is 0 Å². The zero-order valence-corrected chi connectivity index (χ0v) is 13.1. The molecule has 0 unspecified atom stereocenters. The van der Waals surface area contributed by atoms with Gasteiger partial charge in [-0.3, -0.25) is 4.79 Å². The molecule has 0 radical (unpaired) electrons. The molecule has 0 aliphatic carbocycles. The van der Waals surface area contributed by atoms with E-state index in [4.69, 9.17) is 10.5 Å². The predicted octanol–water partition coefficient (Wildman–Crippen LogP) is 3.03. The Hall–Kier alpha value is -2.01. The number of thiophene rings is 1. The number of ether oxygens (including phenoxy) is 1. The van der Waals surface area contributed by atoms with Gasteiger partial charge in [0.1, 0.15) is 5.75 Å². The number of hydrogen-bond acceptors (Lipinski definition) is 4. The van der Waals surface area contributed by atoms with Crippen molar-refractivity contribution < 1.29 is 9.53 Å².